The molecule has 0 spiro atoms. The molecule has 0 amide bonds. The van der Waals surface area contributed by atoms with E-state index in [1.807, 2.05) is 26.0 Å². The summed E-state index contributed by atoms with van der Waals surface area (Å²) >= 11 is 0. The van der Waals surface area contributed by atoms with Crippen molar-refractivity contribution < 1.29 is 9.90 Å². The van der Waals surface area contributed by atoms with Gasteiger partial charge in [-0.2, -0.15) is 0 Å². The van der Waals surface area contributed by atoms with Gasteiger partial charge in [-0.05, 0) is 25.7 Å². The predicted molar refractivity (Wildman–Crippen MR) is 48.8 cm³/mol. The van der Waals surface area contributed by atoms with Crippen molar-refractivity contribution in [1.82, 2.24) is 0 Å². The van der Waals surface area contributed by atoms with Gasteiger partial charge in [-0.15, -0.1) is 0 Å². The molecule has 3 nitrogen and oxygen atoms in total. The van der Waals surface area contributed by atoms with Gasteiger partial charge in [0.2, 0.25) is 0 Å². The van der Waals surface area contributed by atoms with Crippen LogP contribution in [0, 0.1) is 5.92 Å². The number of allylic oxidation sites excluding steroid dienone is 2. The van der Waals surface area contributed by atoms with E-state index in [1.165, 1.54) is 0 Å². The number of rotatable bonds is 5. The summed E-state index contributed by atoms with van der Waals surface area (Å²) < 4.78 is 0. The van der Waals surface area contributed by atoms with Gasteiger partial charge in [-0.3, -0.25) is 4.79 Å². The summed E-state index contributed by atoms with van der Waals surface area (Å²) in [5.74, 6) is -0.574. The Labute approximate surface area is 73.3 Å². The van der Waals surface area contributed by atoms with Crippen molar-refractivity contribution in [3.63, 3.8) is 0 Å². The zero-order valence-corrected chi connectivity index (χ0v) is 7.66. The molecule has 0 rings (SSSR count). The molecule has 0 aromatic carbocycles. The summed E-state index contributed by atoms with van der Waals surface area (Å²) in [4.78, 5) is 10.4. The SMILES string of the molecule is CC=CC[C@@H](C)C[C@H](N)C(=O)O. The zero-order valence-electron chi connectivity index (χ0n) is 7.66. The third-order valence-electron chi connectivity index (χ3n) is 1.75. The van der Waals surface area contributed by atoms with Crippen LogP contribution in [0.2, 0.25) is 0 Å². The van der Waals surface area contributed by atoms with Gasteiger partial charge in [0.15, 0.2) is 0 Å². The monoisotopic (exact) mass is 171 g/mol. The van der Waals surface area contributed by atoms with Gasteiger partial charge in [-0.1, -0.05) is 19.1 Å². The first-order valence-electron chi connectivity index (χ1n) is 4.17. The number of aliphatic carboxylic acids is 1. The smallest absolute Gasteiger partial charge is 0.320 e. The molecule has 3 heteroatoms. The molecule has 0 aliphatic heterocycles. The quantitative estimate of drug-likeness (QED) is 0.614. The van der Waals surface area contributed by atoms with Crippen LogP contribution in [0.25, 0.3) is 0 Å². The molecule has 12 heavy (non-hydrogen) atoms. The lowest BCUT2D eigenvalue weighted by Gasteiger charge is -2.11. The molecule has 70 valence electrons. The maximum atomic E-state index is 10.4. The van der Waals surface area contributed by atoms with E-state index in [-0.39, 0.29) is 0 Å². The van der Waals surface area contributed by atoms with Crippen molar-refractivity contribution in [2.45, 2.75) is 32.7 Å². The van der Waals surface area contributed by atoms with E-state index in [2.05, 4.69) is 0 Å². The van der Waals surface area contributed by atoms with Gasteiger partial charge in [-0.25, -0.2) is 0 Å². The molecule has 0 saturated carbocycles. The Morgan fingerprint density at radius 1 is 1.67 bits per heavy atom. The summed E-state index contributed by atoms with van der Waals surface area (Å²) in [5.41, 5.74) is 5.37. The van der Waals surface area contributed by atoms with Gasteiger partial charge in [0.05, 0.1) is 0 Å². The lowest BCUT2D eigenvalue weighted by Crippen LogP contribution is -2.31. The van der Waals surface area contributed by atoms with E-state index >= 15 is 0 Å². The van der Waals surface area contributed by atoms with E-state index in [0.717, 1.165) is 6.42 Å². The highest BCUT2D eigenvalue weighted by atomic mass is 16.4. The fourth-order valence-electron chi connectivity index (χ4n) is 0.999. The lowest BCUT2D eigenvalue weighted by atomic mass is 9.99. The minimum absolute atomic E-state index is 0.340. The summed E-state index contributed by atoms with van der Waals surface area (Å²) in [6.07, 6.45) is 5.43. The lowest BCUT2D eigenvalue weighted by molar-refractivity contribution is -0.138. The van der Waals surface area contributed by atoms with E-state index < -0.39 is 12.0 Å². The molecule has 2 atom stereocenters. The maximum Gasteiger partial charge on any atom is 0.320 e. The molecule has 0 fully saturated rings. The van der Waals surface area contributed by atoms with Crippen LogP contribution in [0.5, 0.6) is 0 Å². The Morgan fingerprint density at radius 3 is 2.67 bits per heavy atom. The summed E-state index contributed by atoms with van der Waals surface area (Å²) in [6, 6.07) is -0.717. The largest absolute Gasteiger partial charge is 0.480 e. The highest BCUT2D eigenvalue weighted by Crippen LogP contribution is 2.10. The molecule has 0 saturated heterocycles. The molecular formula is C9H17NO2. The standard InChI is InChI=1S/C9H17NO2/c1-3-4-5-7(2)6-8(10)9(11)12/h3-4,7-8H,5-6,10H2,1-2H3,(H,11,12)/t7-,8+/m1/s1. The zero-order chi connectivity index (χ0) is 9.56. The van der Waals surface area contributed by atoms with Crippen LogP contribution < -0.4 is 5.73 Å². The topological polar surface area (TPSA) is 63.3 Å². The third-order valence-corrected chi connectivity index (χ3v) is 1.75. The molecule has 0 unspecified atom stereocenters. The van der Waals surface area contributed by atoms with E-state index in [9.17, 15) is 4.79 Å². The normalized spacial score (nSPS) is 16.2. The van der Waals surface area contributed by atoms with Crippen molar-refractivity contribution >= 4 is 5.97 Å². The van der Waals surface area contributed by atoms with Crippen molar-refractivity contribution in [1.29, 1.82) is 0 Å². The number of carbonyl (C=O) groups is 1. The van der Waals surface area contributed by atoms with Crippen molar-refractivity contribution in [2.24, 2.45) is 11.7 Å². The van der Waals surface area contributed by atoms with Crippen LogP contribution in [-0.4, -0.2) is 17.1 Å². The molecule has 0 aliphatic carbocycles. The summed E-state index contributed by atoms with van der Waals surface area (Å²) in [5, 5.41) is 8.51. The van der Waals surface area contributed by atoms with Crippen LogP contribution in [0.4, 0.5) is 0 Å². The first kappa shape index (κ1) is 11.2. The molecule has 0 aliphatic rings. The number of carboxylic acids is 1. The molecular weight excluding hydrogens is 154 g/mol. The average Bonchev–Trinajstić information content (AvgIpc) is 2.00. The molecule has 0 aromatic heterocycles. The van der Waals surface area contributed by atoms with Gasteiger partial charge in [0, 0.05) is 0 Å². The average molecular weight is 171 g/mol. The van der Waals surface area contributed by atoms with Crippen molar-refractivity contribution in [3.8, 4) is 0 Å². The Hall–Kier alpha value is -0.830. The summed E-state index contributed by atoms with van der Waals surface area (Å²) in [7, 11) is 0. The van der Waals surface area contributed by atoms with E-state index in [1.54, 1.807) is 0 Å². The maximum absolute atomic E-state index is 10.4. The molecule has 0 bridgehead atoms. The number of nitrogens with two attached hydrogens (primary N) is 1. The van der Waals surface area contributed by atoms with E-state index in [4.69, 9.17) is 10.8 Å². The highest BCUT2D eigenvalue weighted by molar-refractivity contribution is 5.72. The van der Waals surface area contributed by atoms with Crippen LogP contribution in [0.1, 0.15) is 26.7 Å². The Kier molecular flexibility index (Phi) is 5.37. The molecule has 0 radical (unpaired) electrons. The van der Waals surface area contributed by atoms with Crippen LogP contribution in [0.15, 0.2) is 12.2 Å². The predicted octanol–water partition coefficient (Wildman–Crippen LogP) is 1.39. The van der Waals surface area contributed by atoms with Crippen LogP contribution in [0.3, 0.4) is 0 Å². The Morgan fingerprint density at radius 2 is 2.25 bits per heavy atom. The molecule has 0 heterocycles. The van der Waals surface area contributed by atoms with Crippen molar-refractivity contribution in [3.05, 3.63) is 12.2 Å². The number of hydrogen-bond acceptors (Lipinski definition) is 2. The number of hydrogen-bond donors (Lipinski definition) is 2. The Bertz CT molecular complexity index is 166. The van der Waals surface area contributed by atoms with Gasteiger partial charge >= 0.3 is 5.97 Å². The van der Waals surface area contributed by atoms with Gasteiger partial charge in [0.25, 0.3) is 0 Å². The van der Waals surface area contributed by atoms with Crippen molar-refractivity contribution in [2.75, 3.05) is 0 Å². The first-order valence-corrected chi connectivity index (χ1v) is 4.17. The Balaban J connectivity index is 3.68. The second-order valence-electron chi connectivity index (χ2n) is 3.09. The fourth-order valence-corrected chi connectivity index (χ4v) is 0.999. The first-order chi connectivity index (χ1) is 5.57. The number of carboxylic acid groups (broad SMARTS) is 1. The minimum Gasteiger partial charge on any atom is -0.480 e. The minimum atomic E-state index is -0.915. The third kappa shape index (κ3) is 4.91. The van der Waals surface area contributed by atoms with Crippen LogP contribution in [-0.2, 0) is 4.79 Å². The van der Waals surface area contributed by atoms with Crippen LogP contribution >= 0.6 is 0 Å². The van der Waals surface area contributed by atoms with Gasteiger partial charge in [0.1, 0.15) is 6.04 Å². The van der Waals surface area contributed by atoms with E-state index in [0.29, 0.717) is 12.3 Å². The second kappa shape index (κ2) is 5.77. The molecule has 3 N–H and O–H groups in total. The fraction of sp³-hybridized carbons (Fsp3) is 0.667. The summed E-state index contributed by atoms with van der Waals surface area (Å²) in [6.45, 7) is 3.95. The van der Waals surface area contributed by atoms with Gasteiger partial charge < -0.3 is 10.8 Å². The second-order valence-corrected chi connectivity index (χ2v) is 3.09. The highest BCUT2D eigenvalue weighted by Gasteiger charge is 2.14. The molecule has 0 aromatic rings.